The number of carbonyl (C=O) groups excluding carboxylic acids is 1. The van der Waals surface area contributed by atoms with Crippen LogP contribution in [0.5, 0.6) is 11.5 Å². The first-order valence-corrected chi connectivity index (χ1v) is 6.96. The topological polar surface area (TPSA) is 59.6 Å². The normalized spacial score (nSPS) is 17.5. The molecule has 0 unspecified atom stereocenters. The summed E-state index contributed by atoms with van der Waals surface area (Å²) in [4.78, 5) is 12.0. The molecule has 21 heavy (non-hydrogen) atoms. The minimum absolute atomic E-state index is 0. The number of benzene rings is 1. The van der Waals surface area contributed by atoms with Crippen molar-refractivity contribution in [2.75, 3.05) is 20.8 Å². The molecule has 0 saturated carbocycles. The van der Waals surface area contributed by atoms with E-state index in [0.717, 1.165) is 31.4 Å². The summed E-state index contributed by atoms with van der Waals surface area (Å²) >= 11 is 0. The SMILES string of the molecule is COc1ccc(CNC(=O)[C@@H]2CCCCN2)cc1OC.Cl. The summed E-state index contributed by atoms with van der Waals surface area (Å²) < 4.78 is 10.4. The molecule has 1 heterocycles. The molecule has 6 heteroatoms. The summed E-state index contributed by atoms with van der Waals surface area (Å²) in [5.74, 6) is 1.44. The summed E-state index contributed by atoms with van der Waals surface area (Å²) in [5, 5.41) is 6.20. The van der Waals surface area contributed by atoms with Crippen molar-refractivity contribution in [3.05, 3.63) is 23.8 Å². The van der Waals surface area contributed by atoms with Crippen molar-refractivity contribution in [2.24, 2.45) is 0 Å². The lowest BCUT2D eigenvalue weighted by Gasteiger charge is -2.22. The largest absolute Gasteiger partial charge is 0.493 e. The van der Waals surface area contributed by atoms with Crippen molar-refractivity contribution < 1.29 is 14.3 Å². The first-order chi connectivity index (χ1) is 9.74. The molecule has 1 aromatic rings. The van der Waals surface area contributed by atoms with Gasteiger partial charge >= 0.3 is 0 Å². The molecule has 2 rings (SSSR count). The molecule has 5 nitrogen and oxygen atoms in total. The van der Waals surface area contributed by atoms with Crippen LogP contribution < -0.4 is 20.1 Å². The molecular formula is C15H23ClN2O3. The highest BCUT2D eigenvalue weighted by Gasteiger charge is 2.19. The molecule has 1 saturated heterocycles. The third-order valence-corrected chi connectivity index (χ3v) is 3.54. The lowest BCUT2D eigenvalue weighted by molar-refractivity contribution is -0.123. The van der Waals surface area contributed by atoms with E-state index in [4.69, 9.17) is 9.47 Å². The zero-order valence-electron chi connectivity index (χ0n) is 12.5. The van der Waals surface area contributed by atoms with Gasteiger partial charge in [0.25, 0.3) is 0 Å². The van der Waals surface area contributed by atoms with Crippen molar-refractivity contribution in [1.82, 2.24) is 10.6 Å². The molecule has 0 bridgehead atoms. The lowest BCUT2D eigenvalue weighted by atomic mass is 10.0. The Morgan fingerprint density at radius 2 is 2.05 bits per heavy atom. The van der Waals surface area contributed by atoms with E-state index in [1.54, 1.807) is 14.2 Å². The van der Waals surface area contributed by atoms with Crippen molar-refractivity contribution in [2.45, 2.75) is 31.8 Å². The van der Waals surface area contributed by atoms with Crippen LogP contribution in [-0.2, 0) is 11.3 Å². The Balaban J connectivity index is 0.00000220. The minimum atomic E-state index is -0.0520. The van der Waals surface area contributed by atoms with Crippen molar-refractivity contribution >= 4 is 18.3 Å². The van der Waals surface area contributed by atoms with Crippen molar-refractivity contribution in [3.63, 3.8) is 0 Å². The van der Waals surface area contributed by atoms with E-state index in [-0.39, 0.29) is 24.4 Å². The van der Waals surface area contributed by atoms with Gasteiger partial charge in [0.15, 0.2) is 11.5 Å². The van der Waals surface area contributed by atoms with Crippen LogP contribution in [0.2, 0.25) is 0 Å². The van der Waals surface area contributed by atoms with E-state index in [2.05, 4.69) is 10.6 Å². The number of rotatable bonds is 5. The fraction of sp³-hybridized carbons (Fsp3) is 0.533. The number of nitrogens with one attached hydrogen (secondary N) is 2. The highest BCUT2D eigenvalue weighted by atomic mass is 35.5. The van der Waals surface area contributed by atoms with Gasteiger partial charge in [0, 0.05) is 6.54 Å². The molecule has 1 aliphatic rings. The van der Waals surface area contributed by atoms with Crippen LogP contribution in [0.3, 0.4) is 0 Å². The number of amides is 1. The highest BCUT2D eigenvalue weighted by Crippen LogP contribution is 2.27. The minimum Gasteiger partial charge on any atom is -0.493 e. The van der Waals surface area contributed by atoms with Crippen LogP contribution in [0.4, 0.5) is 0 Å². The number of piperidine rings is 1. The predicted octanol–water partition coefficient (Wildman–Crippen LogP) is 1.88. The zero-order valence-corrected chi connectivity index (χ0v) is 13.3. The quantitative estimate of drug-likeness (QED) is 0.871. The van der Waals surface area contributed by atoms with Crippen LogP contribution in [0.1, 0.15) is 24.8 Å². The maximum Gasteiger partial charge on any atom is 0.237 e. The third-order valence-electron chi connectivity index (χ3n) is 3.54. The summed E-state index contributed by atoms with van der Waals surface area (Å²) in [5.41, 5.74) is 0.992. The number of hydrogen-bond donors (Lipinski definition) is 2. The number of hydrogen-bond acceptors (Lipinski definition) is 4. The summed E-state index contributed by atoms with van der Waals surface area (Å²) in [6, 6.07) is 5.60. The molecule has 1 aromatic carbocycles. The van der Waals surface area contributed by atoms with E-state index in [9.17, 15) is 4.79 Å². The summed E-state index contributed by atoms with van der Waals surface area (Å²) in [7, 11) is 3.21. The van der Waals surface area contributed by atoms with Crippen LogP contribution in [0, 0.1) is 0 Å². The predicted molar refractivity (Wildman–Crippen MR) is 84.3 cm³/mol. The van der Waals surface area contributed by atoms with Gasteiger partial charge in [-0.15, -0.1) is 12.4 Å². The van der Waals surface area contributed by atoms with Crippen molar-refractivity contribution in [3.8, 4) is 11.5 Å². The van der Waals surface area contributed by atoms with E-state index in [1.165, 1.54) is 0 Å². The first kappa shape index (κ1) is 17.6. The molecule has 1 atom stereocenters. The molecule has 0 aliphatic carbocycles. The molecule has 0 spiro atoms. The van der Waals surface area contributed by atoms with Gasteiger partial charge in [-0.05, 0) is 37.1 Å². The average molecular weight is 315 g/mol. The lowest BCUT2D eigenvalue weighted by Crippen LogP contribution is -2.46. The first-order valence-electron chi connectivity index (χ1n) is 6.96. The molecule has 1 amide bonds. The number of halogens is 1. The number of carbonyl (C=O) groups is 1. The third kappa shape index (κ3) is 4.79. The summed E-state index contributed by atoms with van der Waals surface area (Å²) in [6.07, 6.45) is 3.18. The van der Waals surface area contributed by atoms with E-state index < -0.39 is 0 Å². The Kier molecular flexibility index (Phi) is 7.32. The van der Waals surface area contributed by atoms with Crippen LogP contribution in [0.15, 0.2) is 18.2 Å². The van der Waals surface area contributed by atoms with Crippen LogP contribution in [0.25, 0.3) is 0 Å². The number of ether oxygens (including phenoxy) is 2. The molecular weight excluding hydrogens is 292 g/mol. The van der Waals surface area contributed by atoms with Gasteiger partial charge in [-0.2, -0.15) is 0 Å². The van der Waals surface area contributed by atoms with E-state index in [0.29, 0.717) is 18.0 Å². The smallest absolute Gasteiger partial charge is 0.237 e. The Hall–Kier alpha value is -1.46. The molecule has 0 radical (unpaired) electrons. The molecule has 118 valence electrons. The summed E-state index contributed by atoms with van der Waals surface area (Å²) in [6.45, 7) is 1.42. The standard InChI is InChI=1S/C15H22N2O3.ClH/c1-19-13-7-6-11(9-14(13)20-2)10-17-15(18)12-5-3-4-8-16-12;/h6-7,9,12,16H,3-5,8,10H2,1-2H3,(H,17,18);1H/t12-;/m0./s1. The Morgan fingerprint density at radius 1 is 1.29 bits per heavy atom. The molecule has 0 aromatic heterocycles. The van der Waals surface area contributed by atoms with Crippen molar-refractivity contribution in [1.29, 1.82) is 0 Å². The van der Waals surface area contributed by atoms with Gasteiger partial charge in [0.05, 0.1) is 20.3 Å². The van der Waals surface area contributed by atoms with Gasteiger partial charge in [0.1, 0.15) is 0 Å². The van der Waals surface area contributed by atoms with Gasteiger partial charge in [0.2, 0.25) is 5.91 Å². The Labute approximate surface area is 131 Å². The highest BCUT2D eigenvalue weighted by molar-refractivity contribution is 5.85. The number of methoxy groups -OCH3 is 2. The Bertz CT molecular complexity index is 462. The average Bonchev–Trinajstić information content (AvgIpc) is 2.53. The van der Waals surface area contributed by atoms with E-state index in [1.807, 2.05) is 18.2 Å². The van der Waals surface area contributed by atoms with Gasteiger partial charge < -0.3 is 20.1 Å². The van der Waals surface area contributed by atoms with Gasteiger partial charge in [-0.1, -0.05) is 12.5 Å². The van der Waals surface area contributed by atoms with Crippen LogP contribution >= 0.6 is 12.4 Å². The second-order valence-electron chi connectivity index (χ2n) is 4.91. The van der Waals surface area contributed by atoms with E-state index >= 15 is 0 Å². The molecule has 1 aliphatic heterocycles. The second-order valence-corrected chi connectivity index (χ2v) is 4.91. The maximum absolute atomic E-state index is 12.0. The zero-order chi connectivity index (χ0) is 14.4. The molecule has 1 fully saturated rings. The Morgan fingerprint density at radius 3 is 2.67 bits per heavy atom. The second kappa shape index (κ2) is 8.74. The van der Waals surface area contributed by atoms with Gasteiger partial charge in [-0.3, -0.25) is 4.79 Å². The van der Waals surface area contributed by atoms with Gasteiger partial charge in [-0.25, -0.2) is 0 Å². The fourth-order valence-electron chi connectivity index (χ4n) is 2.38. The fourth-order valence-corrected chi connectivity index (χ4v) is 2.38. The van der Waals surface area contributed by atoms with Crippen LogP contribution in [-0.4, -0.2) is 32.7 Å². The molecule has 2 N–H and O–H groups in total. The monoisotopic (exact) mass is 314 g/mol. The maximum atomic E-state index is 12.0.